The quantitative estimate of drug-likeness (QED) is 0.308. The molecule has 0 radical (unpaired) electrons. The van der Waals surface area contributed by atoms with E-state index in [1.54, 1.807) is 0 Å². The average molecular weight is 524 g/mol. The van der Waals surface area contributed by atoms with Crippen LogP contribution in [0.15, 0.2) is 0 Å². The topological polar surface area (TPSA) is 71.1 Å². The summed E-state index contributed by atoms with van der Waals surface area (Å²) >= 11 is 0. The van der Waals surface area contributed by atoms with Crippen LogP contribution in [0.1, 0.15) is 39.5 Å². The van der Waals surface area contributed by atoms with Gasteiger partial charge in [0.2, 0.25) is 0 Å². The van der Waals surface area contributed by atoms with Gasteiger partial charge in [0, 0.05) is 12.8 Å². The number of esters is 2. The maximum absolute atomic E-state index is 14.6. The Labute approximate surface area is 186 Å². The van der Waals surface area contributed by atoms with Crippen LogP contribution in [-0.2, 0) is 28.5 Å². The van der Waals surface area contributed by atoms with Gasteiger partial charge >= 0.3 is 36.1 Å². The Kier molecular flexibility index (Phi) is 10.0. The molecule has 34 heavy (non-hydrogen) atoms. The first-order valence-electron chi connectivity index (χ1n) is 9.90. The fraction of sp³-hybridized carbons (Fsp3) is 0.889. The van der Waals surface area contributed by atoms with Crippen molar-refractivity contribution in [2.45, 2.75) is 88.1 Å². The molecule has 1 heterocycles. The van der Waals surface area contributed by atoms with Crippen LogP contribution in [0.5, 0.6) is 0 Å². The minimum absolute atomic E-state index is 0.0676. The monoisotopic (exact) mass is 524 g/mol. The summed E-state index contributed by atoms with van der Waals surface area (Å²) in [5, 5.41) is 0. The normalized spacial score (nSPS) is 22.1. The predicted octanol–water partition coefficient (Wildman–Crippen LogP) is 4.59. The van der Waals surface area contributed by atoms with Crippen molar-refractivity contribution in [1.82, 2.24) is 0 Å². The zero-order valence-electron chi connectivity index (χ0n) is 17.8. The molecule has 0 bridgehead atoms. The second kappa shape index (κ2) is 11.3. The Morgan fingerprint density at radius 1 is 0.735 bits per heavy atom. The van der Waals surface area contributed by atoms with Gasteiger partial charge in [-0.1, -0.05) is 13.8 Å². The molecule has 200 valence electrons. The summed E-state index contributed by atoms with van der Waals surface area (Å²) in [6, 6.07) is 0. The van der Waals surface area contributed by atoms with E-state index in [4.69, 9.17) is 0 Å². The molecule has 1 saturated heterocycles. The van der Waals surface area contributed by atoms with E-state index in [0.29, 0.717) is 0 Å². The lowest BCUT2D eigenvalue weighted by atomic mass is 10.0. The van der Waals surface area contributed by atoms with Crippen LogP contribution in [0.25, 0.3) is 0 Å². The van der Waals surface area contributed by atoms with Gasteiger partial charge in [-0.25, -0.2) is 0 Å². The molecule has 0 N–H and O–H groups in total. The summed E-state index contributed by atoms with van der Waals surface area (Å²) in [5.74, 6) is -13.8. The number of hydrogen-bond donors (Lipinski definition) is 0. The highest BCUT2D eigenvalue weighted by Gasteiger charge is 2.67. The molecule has 0 saturated carbocycles. The lowest BCUT2D eigenvalue weighted by Gasteiger charge is -2.41. The van der Waals surface area contributed by atoms with Gasteiger partial charge in [-0.2, -0.15) is 43.9 Å². The van der Waals surface area contributed by atoms with Crippen molar-refractivity contribution in [3.05, 3.63) is 0 Å². The summed E-state index contributed by atoms with van der Waals surface area (Å²) < 4.78 is 154. The highest BCUT2D eigenvalue weighted by atomic mass is 19.4. The molecular weight excluding hydrogens is 502 g/mol. The second-order valence-corrected chi connectivity index (χ2v) is 7.32. The smallest absolute Gasteiger partial charge is 0.431 e. The molecule has 0 aromatic carbocycles. The van der Waals surface area contributed by atoms with Gasteiger partial charge in [0.25, 0.3) is 12.2 Å². The molecule has 1 rings (SSSR count). The highest BCUT2D eigenvalue weighted by Crippen LogP contribution is 2.44. The van der Waals surface area contributed by atoms with Crippen molar-refractivity contribution in [2.75, 3.05) is 13.2 Å². The lowest BCUT2D eigenvalue weighted by molar-refractivity contribution is -0.349. The number of alkyl halides is 10. The SMILES string of the molecule is CCCC(=O)OC(C(F)(F)F)C(F)(F)C1COCC(C(F)(F)C(OC(=O)CCC)C(F)(F)F)O1. The molecule has 4 atom stereocenters. The number of hydrogen-bond acceptors (Lipinski definition) is 6. The van der Waals surface area contributed by atoms with E-state index >= 15 is 0 Å². The van der Waals surface area contributed by atoms with E-state index in [0.717, 1.165) is 0 Å². The molecule has 1 aliphatic heterocycles. The van der Waals surface area contributed by atoms with Crippen molar-refractivity contribution >= 4 is 11.9 Å². The van der Waals surface area contributed by atoms with Crippen molar-refractivity contribution in [3.63, 3.8) is 0 Å². The lowest BCUT2D eigenvalue weighted by Crippen LogP contribution is -2.63. The summed E-state index contributed by atoms with van der Waals surface area (Å²) in [6.07, 6.45) is -27.9. The van der Waals surface area contributed by atoms with Crippen LogP contribution in [-0.4, -0.2) is 73.8 Å². The summed E-state index contributed by atoms with van der Waals surface area (Å²) in [6.45, 7) is -0.220. The minimum Gasteiger partial charge on any atom is -0.446 e. The number of rotatable bonds is 10. The summed E-state index contributed by atoms with van der Waals surface area (Å²) in [5.41, 5.74) is 0. The minimum atomic E-state index is -5.89. The van der Waals surface area contributed by atoms with Gasteiger partial charge in [0.15, 0.2) is 0 Å². The third-order valence-electron chi connectivity index (χ3n) is 4.43. The molecule has 0 aliphatic carbocycles. The summed E-state index contributed by atoms with van der Waals surface area (Å²) in [7, 11) is 0. The van der Waals surface area contributed by atoms with Crippen LogP contribution in [0.4, 0.5) is 43.9 Å². The molecule has 0 aromatic heterocycles. The first kappa shape index (κ1) is 30.2. The Hall–Kier alpha value is -1.84. The molecule has 0 amide bonds. The third kappa shape index (κ3) is 7.58. The second-order valence-electron chi connectivity index (χ2n) is 7.32. The van der Waals surface area contributed by atoms with Crippen molar-refractivity contribution in [2.24, 2.45) is 0 Å². The van der Waals surface area contributed by atoms with Crippen LogP contribution in [0.2, 0.25) is 0 Å². The first-order valence-corrected chi connectivity index (χ1v) is 9.90. The standard InChI is InChI=1S/C18H22F10O6/c1-3-5-11(29)33-13(17(23,24)25)15(19,20)9-7-31-8-10(32-9)16(21,22)14(18(26,27)28)34-12(30)6-4-2/h9-10,13-14H,3-8H2,1-2H3. The van der Waals surface area contributed by atoms with Gasteiger partial charge in [0.1, 0.15) is 12.2 Å². The van der Waals surface area contributed by atoms with E-state index in [2.05, 4.69) is 18.9 Å². The van der Waals surface area contributed by atoms with Gasteiger partial charge in [-0.05, 0) is 12.8 Å². The highest BCUT2D eigenvalue weighted by molar-refractivity contribution is 5.70. The molecule has 0 spiro atoms. The van der Waals surface area contributed by atoms with E-state index in [9.17, 15) is 53.5 Å². The number of ether oxygens (including phenoxy) is 4. The summed E-state index contributed by atoms with van der Waals surface area (Å²) in [4.78, 5) is 22.8. The van der Waals surface area contributed by atoms with E-state index in [-0.39, 0.29) is 12.8 Å². The van der Waals surface area contributed by atoms with E-state index in [1.807, 2.05) is 0 Å². The van der Waals surface area contributed by atoms with Crippen LogP contribution < -0.4 is 0 Å². The molecular formula is C18H22F10O6. The van der Waals surface area contributed by atoms with E-state index in [1.165, 1.54) is 13.8 Å². The fourth-order valence-electron chi connectivity index (χ4n) is 2.82. The van der Waals surface area contributed by atoms with Crippen molar-refractivity contribution in [1.29, 1.82) is 0 Å². The van der Waals surface area contributed by atoms with Crippen LogP contribution in [0, 0.1) is 0 Å². The molecule has 6 nitrogen and oxygen atoms in total. The molecule has 1 fully saturated rings. The van der Waals surface area contributed by atoms with Crippen LogP contribution in [0.3, 0.4) is 0 Å². The van der Waals surface area contributed by atoms with Crippen molar-refractivity contribution in [3.8, 4) is 0 Å². The zero-order valence-corrected chi connectivity index (χ0v) is 17.8. The maximum atomic E-state index is 14.6. The predicted molar refractivity (Wildman–Crippen MR) is 91.1 cm³/mol. The molecule has 0 aromatic rings. The maximum Gasteiger partial charge on any atom is 0.431 e. The first-order chi connectivity index (χ1) is 15.4. The Bertz CT molecular complexity index is 638. The number of carbonyl (C=O) groups is 2. The van der Waals surface area contributed by atoms with Gasteiger partial charge < -0.3 is 18.9 Å². The molecule has 4 unspecified atom stereocenters. The van der Waals surface area contributed by atoms with Gasteiger partial charge in [-0.15, -0.1) is 0 Å². The molecule has 1 aliphatic rings. The largest absolute Gasteiger partial charge is 0.446 e. The zero-order chi connectivity index (χ0) is 26.5. The number of halogens is 10. The Morgan fingerprint density at radius 2 is 1.06 bits per heavy atom. The fourth-order valence-corrected chi connectivity index (χ4v) is 2.82. The van der Waals surface area contributed by atoms with Gasteiger partial charge in [0.05, 0.1) is 13.2 Å². The Morgan fingerprint density at radius 3 is 1.32 bits per heavy atom. The Balaban J connectivity index is 3.22. The average Bonchev–Trinajstić information content (AvgIpc) is 2.69. The van der Waals surface area contributed by atoms with Crippen molar-refractivity contribution < 1.29 is 72.4 Å². The number of carbonyl (C=O) groups excluding carboxylic acids is 2. The van der Waals surface area contributed by atoms with E-state index < -0.39 is 86.6 Å². The van der Waals surface area contributed by atoms with Gasteiger partial charge in [-0.3, -0.25) is 9.59 Å². The third-order valence-corrected chi connectivity index (χ3v) is 4.43. The van der Waals surface area contributed by atoms with Crippen LogP contribution >= 0.6 is 0 Å². The molecule has 16 heteroatoms.